The summed E-state index contributed by atoms with van der Waals surface area (Å²) in [5.74, 6) is 0.502. The van der Waals surface area contributed by atoms with Crippen molar-refractivity contribution >= 4 is 5.91 Å². The molecule has 1 amide bonds. The maximum absolute atomic E-state index is 12.9. The zero-order chi connectivity index (χ0) is 23.4. The summed E-state index contributed by atoms with van der Waals surface area (Å²) in [7, 11) is 1.60. The Bertz CT molecular complexity index is 1090. The number of halogens is 3. The number of benzene rings is 2. The molecule has 4 rings (SSSR count). The number of carbonyl (C=O) groups excluding carboxylic acids is 1. The van der Waals surface area contributed by atoms with Crippen LogP contribution >= 0.6 is 0 Å². The molecule has 3 aromatic rings. The van der Waals surface area contributed by atoms with Crippen molar-refractivity contribution in [3.8, 4) is 11.4 Å². The molecule has 1 saturated heterocycles. The molecule has 33 heavy (non-hydrogen) atoms. The van der Waals surface area contributed by atoms with Gasteiger partial charge in [0.05, 0.1) is 18.4 Å². The van der Waals surface area contributed by atoms with E-state index in [1.165, 1.54) is 12.1 Å². The molecule has 0 unspecified atom stereocenters. The van der Waals surface area contributed by atoms with Gasteiger partial charge in [0.2, 0.25) is 0 Å². The summed E-state index contributed by atoms with van der Waals surface area (Å²) < 4.78 is 45.5. The molecule has 2 aromatic carbocycles. The summed E-state index contributed by atoms with van der Waals surface area (Å²) in [6.07, 6.45) is -1.16. The van der Waals surface area contributed by atoms with Gasteiger partial charge in [-0.05, 0) is 54.8 Å². The van der Waals surface area contributed by atoms with Crippen LogP contribution < -0.4 is 10.1 Å². The number of aromatic nitrogens is 2. The first-order valence-electron chi connectivity index (χ1n) is 10.7. The second kappa shape index (κ2) is 9.66. The Morgan fingerprint density at radius 3 is 2.52 bits per heavy atom. The molecule has 0 atom stereocenters. The van der Waals surface area contributed by atoms with Crippen molar-refractivity contribution in [2.75, 3.05) is 20.2 Å². The number of likely N-dealkylation sites (tertiary alicyclic amines) is 1. The number of amides is 1. The van der Waals surface area contributed by atoms with Crippen molar-refractivity contribution in [1.82, 2.24) is 20.0 Å². The summed E-state index contributed by atoms with van der Waals surface area (Å²) in [5, 5.41) is 7.38. The van der Waals surface area contributed by atoms with Crippen LogP contribution in [0.15, 0.2) is 60.8 Å². The van der Waals surface area contributed by atoms with E-state index in [9.17, 15) is 18.0 Å². The molecule has 1 aliphatic rings. The van der Waals surface area contributed by atoms with Crippen LogP contribution in [0.25, 0.3) is 5.69 Å². The number of piperidine rings is 1. The normalized spacial score (nSPS) is 15.4. The maximum Gasteiger partial charge on any atom is 0.416 e. The zero-order valence-electron chi connectivity index (χ0n) is 18.2. The number of alkyl halides is 3. The van der Waals surface area contributed by atoms with Gasteiger partial charge in [-0.2, -0.15) is 18.3 Å². The summed E-state index contributed by atoms with van der Waals surface area (Å²) in [5.41, 5.74) is 1.16. The monoisotopic (exact) mass is 458 g/mol. The third kappa shape index (κ3) is 5.73. The fraction of sp³-hybridized carbons (Fsp3) is 0.333. The van der Waals surface area contributed by atoms with Gasteiger partial charge in [0.15, 0.2) is 5.69 Å². The van der Waals surface area contributed by atoms with Crippen molar-refractivity contribution in [1.29, 1.82) is 0 Å². The lowest BCUT2D eigenvalue weighted by Gasteiger charge is -2.32. The Labute approximate surface area is 190 Å². The molecule has 1 N–H and O–H groups in total. The van der Waals surface area contributed by atoms with E-state index in [0.29, 0.717) is 30.9 Å². The molecule has 0 saturated carbocycles. The number of methoxy groups -OCH3 is 1. The highest BCUT2D eigenvalue weighted by molar-refractivity contribution is 5.92. The van der Waals surface area contributed by atoms with E-state index in [2.05, 4.69) is 15.3 Å². The van der Waals surface area contributed by atoms with E-state index in [4.69, 9.17) is 4.74 Å². The van der Waals surface area contributed by atoms with Crippen LogP contribution in [0, 0.1) is 0 Å². The Morgan fingerprint density at radius 1 is 1.12 bits per heavy atom. The molecule has 6 nitrogen and oxygen atoms in total. The van der Waals surface area contributed by atoms with Gasteiger partial charge in [-0.15, -0.1) is 0 Å². The fourth-order valence-electron chi connectivity index (χ4n) is 3.92. The van der Waals surface area contributed by atoms with Crippen molar-refractivity contribution in [3.05, 3.63) is 77.6 Å². The van der Waals surface area contributed by atoms with Gasteiger partial charge < -0.3 is 10.1 Å². The molecular formula is C24H25F3N4O2. The van der Waals surface area contributed by atoms with Gasteiger partial charge >= 0.3 is 6.18 Å². The minimum atomic E-state index is -4.34. The number of rotatable bonds is 6. The van der Waals surface area contributed by atoms with Gasteiger partial charge in [0, 0.05) is 31.9 Å². The lowest BCUT2D eigenvalue weighted by atomic mass is 10.0. The second-order valence-electron chi connectivity index (χ2n) is 8.07. The summed E-state index contributed by atoms with van der Waals surface area (Å²) in [6, 6.07) is 14.5. The van der Waals surface area contributed by atoms with Gasteiger partial charge in [-0.3, -0.25) is 9.69 Å². The molecule has 174 valence electrons. The van der Waals surface area contributed by atoms with E-state index >= 15 is 0 Å². The molecule has 0 bridgehead atoms. The number of hydrogen-bond donors (Lipinski definition) is 1. The third-order valence-corrected chi connectivity index (χ3v) is 5.74. The zero-order valence-corrected chi connectivity index (χ0v) is 18.2. The highest BCUT2D eigenvalue weighted by Crippen LogP contribution is 2.30. The van der Waals surface area contributed by atoms with Gasteiger partial charge in [0.1, 0.15) is 5.75 Å². The predicted octanol–water partition coefficient (Wildman–Crippen LogP) is 4.29. The number of ether oxygens (including phenoxy) is 1. The summed E-state index contributed by atoms with van der Waals surface area (Å²) >= 11 is 0. The first kappa shape index (κ1) is 22.8. The molecule has 0 radical (unpaired) electrons. The van der Waals surface area contributed by atoms with Crippen LogP contribution in [0.4, 0.5) is 13.2 Å². The maximum atomic E-state index is 12.9. The topological polar surface area (TPSA) is 59.4 Å². The fourth-order valence-corrected chi connectivity index (χ4v) is 3.92. The average molecular weight is 458 g/mol. The van der Waals surface area contributed by atoms with E-state index in [1.807, 2.05) is 24.3 Å². The molecule has 1 aliphatic heterocycles. The lowest BCUT2D eigenvalue weighted by Crippen LogP contribution is -2.44. The average Bonchev–Trinajstić information content (AvgIpc) is 3.31. The Balaban J connectivity index is 1.29. The van der Waals surface area contributed by atoms with Crippen LogP contribution in [0.2, 0.25) is 0 Å². The van der Waals surface area contributed by atoms with E-state index < -0.39 is 11.7 Å². The molecule has 0 spiro atoms. The quantitative estimate of drug-likeness (QED) is 0.599. The number of nitrogens with zero attached hydrogens (tertiary/aromatic N) is 3. The Hall–Kier alpha value is -3.33. The molecule has 1 aromatic heterocycles. The SMILES string of the molecule is COc1ccc(-n2ccc(C(=O)NC3CCN(Cc4cccc(C(F)(F)F)c4)CC3)n2)cc1. The van der Waals surface area contributed by atoms with Crippen molar-refractivity contribution in [2.45, 2.75) is 31.6 Å². The van der Waals surface area contributed by atoms with Crippen LogP contribution in [-0.2, 0) is 12.7 Å². The minimum Gasteiger partial charge on any atom is -0.497 e. The van der Waals surface area contributed by atoms with Gasteiger partial charge in [-0.1, -0.05) is 18.2 Å². The molecule has 2 heterocycles. The molecular weight excluding hydrogens is 433 g/mol. The number of nitrogens with one attached hydrogen (secondary N) is 1. The largest absolute Gasteiger partial charge is 0.497 e. The van der Waals surface area contributed by atoms with Crippen molar-refractivity contribution < 1.29 is 22.7 Å². The third-order valence-electron chi connectivity index (χ3n) is 5.74. The van der Waals surface area contributed by atoms with Gasteiger partial charge in [-0.25, -0.2) is 4.68 Å². The van der Waals surface area contributed by atoms with Crippen LogP contribution in [0.5, 0.6) is 5.75 Å². The van der Waals surface area contributed by atoms with E-state index in [0.717, 1.165) is 30.3 Å². The minimum absolute atomic E-state index is 0.00129. The van der Waals surface area contributed by atoms with Crippen molar-refractivity contribution in [2.24, 2.45) is 0 Å². The lowest BCUT2D eigenvalue weighted by molar-refractivity contribution is -0.137. The molecule has 9 heteroatoms. The Morgan fingerprint density at radius 2 is 1.85 bits per heavy atom. The van der Waals surface area contributed by atoms with Crippen LogP contribution in [-0.4, -0.2) is 46.8 Å². The summed E-state index contributed by atoms with van der Waals surface area (Å²) in [6.45, 7) is 1.85. The van der Waals surface area contributed by atoms with E-state index in [1.54, 1.807) is 30.1 Å². The smallest absolute Gasteiger partial charge is 0.416 e. The van der Waals surface area contributed by atoms with Crippen molar-refractivity contribution in [3.63, 3.8) is 0 Å². The highest BCUT2D eigenvalue weighted by Gasteiger charge is 2.30. The molecule has 0 aliphatic carbocycles. The predicted molar refractivity (Wildman–Crippen MR) is 117 cm³/mol. The first-order valence-corrected chi connectivity index (χ1v) is 10.7. The van der Waals surface area contributed by atoms with Crippen LogP contribution in [0.3, 0.4) is 0 Å². The highest BCUT2D eigenvalue weighted by atomic mass is 19.4. The van der Waals surface area contributed by atoms with Crippen LogP contribution in [0.1, 0.15) is 34.5 Å². The van der Waals surface area contributed by atoms with Gasteiger partial charge in [0.25, 0.3) is 5.91 Å². The standard InChI is InChI=1S/C24H25F3N4O2/c1-33-21-7-5-20(6-8-21)31-14-11-22(29-31)23(32)28-19-9-12-30(13-10-19)16-17-3-2-4-18(15-17)24(25,26)27/h2-8,11,14-15,19H,9-10,12-13,16H2,1H3,(H,28,32). The Kier molecular flexibility index (Phi) is 6.69. The number of carbonyl (C=O) groups is 1. The number of hydrogen-bond acceptors (Lipinski definition) is 4. The van der Waals surface area contributed by atoms with E-state index in [-0.39, 0.29) is 11.9 Å². The first-order chi connectivity index (χ1) is 15.8. The summed E-state index contributed by atoms with van der Waals surface area (Å²) in [4.78, 5) is 14.7. The molecule has 1 fully saturated rings. The second-order valence-corrected chi connectivity index (χ2v) is 8.07.